The zero-order chi connectivity index (χ0) is 10.3. The highest BCUT2D eigenvalue weighted by Gasteiger charge is 2.23. The number of hydrogen-bond acceptors (Lipinski definition) is 4. The number of rotatable bonds is 2. The molecule has 0 radical (unpaired) electrons. The lowest BCUT2D eigenvalue weighted by Crippen LogP contribution is -2.25. The average molecular weight is 207 g/mol. The first-order chi connectivity index (χ1) is 7.33. The van der Waals surface area contributed by atoms with Gasteiger partial charge in [-0.1, -0.05) is 0 Å². The van der Waals surface area contributed by atoms with Crippen LogP contribution in [0.1, 0.15) is 24.1 Å². The molecule has 0 amide bonds. The van der Waals surface area contributed by atoms with E-state index in [4.69, 9.17) is 4.74 Å². The quantitative estimate of drug-likeness (QED) is 0.737. The molecule has 3 rings (SSSR count). The van der Waals surface area contributed by atoms with Crippen LogP contribution in [0.4, 0.5) is 5.95 Å². The molecule has 0 aromatic carbocycles. The fourth-order valence-electron chi connectivity index (χ4n) is 1.73. The van der Waals surface area contributed by atoms with E-state index in [1.54, 1.807) is 0 Å². The van der Waals surface area contributed by atoms with E-state index in [2.05, 4.69) is 15.3 Å². The highest BCUT2D eigenvalue weighted by atomic mass is 16.5. The number of ether oxygens (including phenoxy) is 1. The SMILES string of the molecule is O=c1[nH]c(NC2CC2)nc2c1COCC2. The number of fused-ring (bicyclic) bond motifs is 1. The molecule has 5 nitrogen and oxygen atoms in total. The summed E-state index contributed by atoms with van der Waals surface area (Å²) in [4.78, 5) is 18.8. The zero-order valence-electron chi connectivity index (χ0n) is 8.38. The first-order valence-electron chi connectivity index (χ1n) is 5.29. The summed E-state index contributed by atoms with van der Waals surface area (Å²) in [7, 11) is 0. The van der Waals surface area contributed by atoms with Gasteiger partial charge in [-0.3, -0.25) is 9.78 Å². The number of nitrogens with one attached hydrogen (secondary N) is 2. The number of hydrogen-bond donors (Lipinski definition) is 2. The van der Waals surface area contributed by atoms with Crippen molar-refractivity contribution in [2.75, 3.05) is 11.9 Å². The van der Waals surface area contributed by atoms with Crippen LogP contribution in [-0.4, -0.2) is 22.6 Å². The number of nitrogens with zero attached hydrogens (tertiary/aromatic N) is 1. The number of H-pyrrole nitrogens is 1. The highest BCUT2D eigenvalue weighted by Crippen LogP contribution is 2.23. The van der Waals surface area contributed by atoms with Gasteiger partial charge in [0.2, 0.25) is 5.95 Å². The second-order valence-corrected chi connectivity index (χ2v) is 4.06. The molecule has 2 N–H and O–H groups in total. The first kappa shape index (κ1) is 8.91. The molecule has 1 fully saturated rings. The van der Waals surface area contributed by atoms with Gasteiger partial charge in [0.15, 0.2) is 0 Å². The molecule has 5 heteroatoms. The summed E-state index contributed by atoms with van der Waals surface area (Å²) < 4.78 is 5.23. The summed E-state index contributed by atoms with van der Waals surface area (Å²) in [6.07, 6.45) is 3.08. The van der Waals surface area contributed by atoms with Gasteiger partial charge in [0.05, 0.1) is 24.5 Å². The smallest absolute Gasteiger partial charge is 0.258 e. The van der Waals surface area contributed by atoms with Crippen LogP contribution in [0, 0.1) is 0 Å². The van der Waals surface area contributed by atoms with Crippen molar-refractivity contribution >= 4 is 5.95 Å². The van der Waals surface area contributed by atoms with Crippen LogP contribution in [-0.2, 0) is 17.8 Å². The fraction of sp³-hybridized carbons (Fsp3) is 0.600. The van der Waals surface area contributed by atoms with Crippen LogP contribution in [0.2, 0.25) is 0 Å². The van der Waals surface area contributed by atoms with E-state index in [9.17, 15) is 4.79 Å². The van der Waals surface area contributed by atoms with E-state index < -0.39 is 0 Å². The molecule has 0 bridgehead atoms. The zero-order valence-corrected chi connectivity index (χ0v) is 8.38. The van der Waals surface area contributed by atoms with Gasteiger partial charge in [0, 0.05) is 12.5 Å². The maximum Gasteiger partial charge on any atom is 0.258 e. The second-order valence-electron chi connectivity index (χ2n) is 4.06. The Balaban J connectivity index is 1.96. The molecule has 0 atom stereocenters. The van der Waals surface area contributed by atoms with Crippen molar-refractivity contribution in [3.8, 4) is 0 Å². The molecule has 1 saturated carbocycles. The standard InChI is InChI=1S/C10H13N3O2/c14-9-7-5-15-4-3-8(7)12-10(13-9)11-6-1-2-6/h6H,1-5H2,(H2,11,12,13,14). The van der Waals surface area contributed by atoms with E-state index in [-0.39, 0.29) is 5.56 Å². The molecule has 1 aliphatic heterocycles. The molecule has 1 aromatic rings. The van der Waals surface area contributed by atoms with Crippen LogP contribution in [0.25, 0.3) is 0 Å². The Morgan fingerprint density at radius 2 is 2.33 bits per heavy atom. The van der Waals surface area contributed by atoms with Crippen LogP contribution in [0.5, 0.6) is 0 Å². The van der Waals surface area contributed by atoms with Crippen LogP contribution >= 0.6 is 0 Å². The van der Waals surface area contributed by atoms with Gasteiger partial charge < -0.3 is 10.1 Å². The van der Waals surface area contributed by atoms with Gasteiger partial charge in [-0.25, -0.2) is 4.98 Å². The van der Waals surface area contributed by atoms with Gasteiger partial charge in [0.25, 0.3) is 5.56 Å². The van der Waals surface area contributed by atoms with Gasteiger partial charge in [0.1, 0.15) is 0 Å². The van der Waals surface area contributed by atoms with E-state index >= 15 is 0 Å². The molecular weight excluding hydrogens is 194 g/mol. The Labute approximate surface area is 86.9 Å². The average Bonchev–Trinajstić information content (AvgIpc) is 3.02. The summed E-state index contributed by atoms with van der Waals surface area (Å²) in [6, 6.07) is 0.506. The van der Waals surface area contributed by atoms with E-state index in [0.29, 0.717) is 30.8 Å². The Kier molecular flexibility index (Phi) is 1.98. The number of aromatic nitrogens is 2. The minimum atomic E-state index is -0.0668. The predicted molar refractivity (Wildman–Crippen MR) is 54.9 cm³/mol. The Morgan fingerprint density at radius 1 is 1.47 bits per heavy atom. The Bertz CT molecular complexity index is 437. The predicted octanol–water partition coefficient (Wildman–Crippen LogP) is 0.417. The van der Waals surface area contributed by atoms with Crippen molar-refractivity contribution in [1.82, 2.24) is 9.97 Å². The van der Waals surface area contributed by atoms with Crippen LogP contribution < -0.4 is 10.9 Å². The minimum Gasteiger partial charge on any atom is -0.376 e. The van der Waals surface area contributed by atoms with Gasteiger partial charge in [-0.15, -0.1) is 0 Å². The number of aromatic amines is 1. The van der Waals surface area contributed by atoms with Gasteiger partial charge in [-0.05, 0) is 12.8 Å². The van der Waals surface area contributed by atoms with Crippen molar-refractivity contribution in [1.29, 1.82) is 0 Å². The summed E-state index contributed by atoms with van der Waals surface area (Å²) in [5.74, 6) is 0.614. The molecule has 2 heterocycles. The Morgan fingerprint density at radius 3 is 3.13 bits per heavy atom. The molecule has 0 unspecified atom stereocenters. The van der Waals surface area contributed by atoms with Crippen molar-refractivity contribution in [2.24, 2.45) is 0 Å². The molecule has 0 saturated heterocycles. The van der Waals surface area contributed by atoms with Crippen molar-refractivity contribution in [3.05, 3.63) is 21.6 Å². The van der Waals surface area contributed by atoms with E-state index in [1.165, 1.54) is 12.8 Å². The summed E-state index contributed by atoms with van der Waals surface area (Å²) in [5, 5.41) is 3.20. The van der Waals surface area contributed by atoms with Crippen LogP contribution in [0.3, 0.4) is 0 Å². The third-order valence-corrected chi connectivity index (χ3v) is 2.75. The largest absolute Gasteiger partial charge is 0.376 e. The van der Waals surface area contributed by atoms with Crippen molar-refractivity contribution in [2.45, 2.75) is 31.9 Å². The van der Waals surface area contributed by atoms with Gasteiger partial charge in [-0.2, -0.15) is 0 Å². The van der Waals surface area contributed by atoms with E-state index in [1.807, 2.05) is 0 Å². The van der Waals surface area contributed by atoms with E-state index in [0.717, 1.165) is 12.1 Å². The summed E-state index contributed by atoms with van der Waals surface area (Å²) >= 11 is 0. The normalized spacial score (nSPS) is 19.7. The second kappa shape index (κ2) is 3.34. The van der Waals surface area contributed by atoms with Crippen LogP contribution in [0.15, 0.2) is 4.79 Å². The molecule has 80 valence electrons. The Hall–Kier alpha value is -1.36. The highest BCUT2D eigenvalue weighted by molar-refractivity contribution is 5.32. The summed E-state index contributed by atoms with van der Waals surface area (Å²) in [6.45, 7) is 1.05. The lowest BCUT2D eigenvalue weighted by Gasteiger charge is -2.15. The number of anilines is 1. The lowest BCUT2D eigenvalue weighted by atomic mass is 10.1. The maximum absolute atomic E-state index is 11.7. The molecule has 1 aromatic heterocycles. The minimum absolute atomic E-state index is 0.0668. The molecule has 15 heavy (non-hydrogen) atoms. The monoisotopic (exact) mass is 207 g/mol. The lowest BCUT2D eigenvalue weighted by molar-refractivity contribution is 0.108. The summed E-state index contributed by atoms with van der Waals surface area (Å²) in [5.41, 5.74) is 1.50. The molecule has 0 spiro atoms. The molecule has 2 aliphatic rings. The topological polar surface area (TPSA) is 67.0 Å². The van der Waals surface area contributed by atoms with Crippen molar-refractivity contribution in [3.63, 3.8) is 0 Å². The maximum atomic E-state index is 11.7. The van der Waals surface area contributed by atoms with Gasteiger partial charge >= 0.3 is 0 Å². The molecule has 1 aliphatic carbocycles. The third kappa shape index (κ3) is 1.74. The molecular formula is C10H13N3O2. The first-order valence-corrected chi connectivity index (χ1v) is 5.29. The third-order valence-electron chi connectivity index (χ3n) is 2.75. The fourth-order valence-corrected chi connectivity index (χ4v) is 1.73. The van der Waals surface area contributed by atoms with Crippen molar-refractivity contribution < 1.29 is 4.74 Å².